The van der Waals surface area contributed by atoms with E-state index < -0.39 is 65.9 Å². The first-order valence-corrected chi connectivity index (χ1v) is 11.4. The first kappa shape index (κ1) is 32.9. The third-order valence-corrected chi connectivity index (χ3v) is 5.68. The van der Waals surface area contributed by atoms with Gasteiger partial charge in [0.15, 0.2) is 6.10 Å². The Morgan fingerprint density at radius 3 is 1.88 bits per heavy atom. The van der Waals surface area contributed by atoms with Crippen LogP contribution in [0.1, 0.15) is 28.4 Å². The Morgan fingerprint density at radius 1 is 0.738 bits per heavy atom. The molecular formula is C25H17F13N2O2. The van der Waals surface area contributed by atoms with Crippen molar-refractivity contribution in [1.82, 2.24) is 10.3 Å². The van der Waals surface area contributed by atoms with E-state index in [0.29, 0.717) is 12.1 Å². The van der Waals surface area contributed by atoms with E-state index in [9.17, 15) is 62.2 Å². The molecule has 0 aliphatic rings. The molecule has 0 radical (unpaired) electrons. The van der Waals surface area contributed by atoms with Gasteiger partial charge in [-0.25, -0.2) is 0 Å². The summed E-state index contributed by atoms with van der Waals surface area (Å²) >= 11 is 0. The second-order valence-corrected chi connectivity index (χ2v) is 8.72. The Morgan fingerprint density at radius 2 is 1.31 bits per heavy atom. The molecule has 0 fully saturated rings. The van der Waals surface area contributed by atoms with Crippen LogP contribution in [0.5, 0.6) is 11.5 Å². The number of alkyl halides is 13. The number of ether oxygens (including phenoxy) is 1. The Kier molecular flexibility index (Phi) is 9.08. The number of nitrogens with zero attached hydrogens (tertiary/aromatic N) is 1. The van der Waals surface area contributed by atoms with Crippen LogP contribution in [0.15, 0.2) is 66.9 Å². The van der Waals surface area contributed by atoms with Gasteiger partial charge in [-0.05, 0) is 35.4 Å². The number of aliphatic hydroxyl groups is 1. The van der Waals surface area contributed by atoms with Crippen molar-refractivity contribution in [3.8, 4) is 11.5 Å². The number of pyridine rings is 1. The summed E-state index contributed by atoms with van der Waals surface area (Å²) in [6, 6.07) is 6.50. The van der Waals surface area contributed by atoms with Gasteiger partial charge in [-0.15, -0.1) is 0 Å². The van der Waals surface area contributed by atoms with E-state index in [1.54, 1.807) is 0 Å². The zero-order valence-electron chi connectivity index (χ0n) is 20.4. The highest BCUT2D eigenvalue weighted by Crippen LogP contribution is 2.52. The van der Waals surface area contributed by atoms with E-state index in [-0.39, 0.29) is 29.2 Å². The van der Waals surface area contributed by atoms with Crippen molar-refractivity contribution in [2.75, 3.05) is 6.54 Å². The van der Waals surface area contributed by atoms with Gasteiger partial charge >= 0.3 is 30.4 Å². The average molecular weight is 624 g/mol. The highest BCUT2D eigenvalue weighted by molar-refractivity contribution is 5.41. The van der Waals surface area contributed by atoms with Crippen LogP contribution >= 0.6 is 0 Å². The van der Waals surface area contributed by atoms with Crippen molar-refractivity contribution in [3.63, 3.8) is 0 Å². The van der Waals surface area contributed by atoms with E-state index in [2.05, 4.69) is 10.3 Å². The Balaban J connectivity index is 2.04. The summed E-state index contributed by atoms with van der Waals surface area (Å²) < 4.78 is 177. The lowest BCUT2D eigenvalue weighted by atomic mass is 9.93. The van der Waals surface area contributed by atoms with Gasteiger partial charge in [0.05, 0.1) is 6.04 Å². The van der Waals surface area contributed by atoms with E-state index in [4.69, 9.17) is 4.74 Å². The smallest absolute Gasteiger partial charge is 0.457 e. The maximum atomic E-state index is 14.4. The summed E-state index contributed by atoms with van der Waals surface area (Å²) in [7, 11) is 0. The fraction of sp³-hybridized carbons (Fsp3) is 0.320. The summed E-state index contributed by atoms with van der Waals surface area (Å²) in [5.41, 5.74) is -3.84. The molecule has 2 atom stereocenters. The summed E-state index contributed by atoms with van der Waals surface area (Å²) in [6.07, 6.45) is -18.9. The van der Waals surface area contributed by atoms with Gasteiger partial charge in [-0.1, -0.05) is 30.3 Å². The molecule has 1 heterocycles. The number of aliphatic hydroxyl groups excluding tert-OH is 1. The Labute approximate surface area is 227 Å². The van der Waals surface area contributed by atoms with Crippen LogP contribution in [-0.4, -0.2) is 41.0 Å². The SMILES string of the molecule is OC(CNC(c1cccc(Oc2ccnc(C(F)(F)F)c2)c1)c1cccc(C(F)(F)C(F)(F)C(F)(F)F)c1)C(F)(F)F. The van der Waals surface area contributed by atoms with Crippen LogP contribution in [0.3, 0.4) is 0 Å². The van der Waals surface area contributed by atoms with Crippen LogP contribution in [0, 0.1) is 0 Å². The molecule has 0 aliphatic heterocycles. The molecule has 2 unspecified atom stereocenters. The fourth-order valence-electron chi connectivity index (χ4n) is 3.57. The lowest BCUT2D eigenvalue weighted by Crippen LogP contribution is -2.50. The van der Waals surface area contributed by atoms with Crippen LogP contribution in [0.25, 0.3) is 0 Å². The predicted molar refractivity (Wildman–Crippen MR) is 119 cm³/mol. The molecule has 0 amide bonds. The minimum atomic E-state index is -6.66. The number of halogens is 13. The quantitative estimate of drug-likeness (QED) is 0.239. The summed E-state index contributed by atoms with van der Waals surface area (Å²) in [5.74, 6) is -13.0. The van der Waals surface area contributed by atoms with Gasteiger partial charge in [0.25, 0.3) is 0 Å². The van der Waals surface area contributed by atoms with Gasteiger partial charge in [-0.3, -0.25) is 4.98 Å². The number of aromatic nitrogens is 1. The van der Waals surface area contributed by atoms with Crippen LogP contribution in [0.4, 0.5) is 57.1 Å². The molecule has 0 saturated heterocycles. The molecular weight excluding hydrogens is 607 g/mol. The zero-order chi connectivity index (χ0) is 31.7. The van der Waals surface area contributed by atoms with Gasteiger partial charge in [-0.2, -0.15) is 57.1 Å². The number of hydrogen-bond acceptors (Lipinski definition) is 4. The molecule has 0 aliphatic carbocycles. The fourth-order valence-corrected chi connectivity index (χ4v) is 3.57. The first-order chi connectivity index (χ1) is 19.1. The molecule has 42 heavy (non-hydrogen) atoms. The Bertz CT molecular complexity index is 1370. The number of benzene rings is 2. The van der Waals surface area contributed by atoms with Crippen LogP contribution < -0.4 is 10.1 Å². The summed E-state index contributed by atoms with van der Waals surface area (Å²) in [4.78, 5) is 3.14. The monoisotopic (exact) mass is 624 g/mol. The lowest BCUT2D eigenvalue weighted by Gasteiger charge is -2.29. The standard InChI is InChI=1S/C25H17F13N2O2/c26-21(27,24(34,35)25(36,37)38)15-5-1-3-13(9-15)20(40-12-19(41)23(31,32)33)14-4-2-6-16(10-14)42-17-7-8-39-18(11-17)22(28,29)30/h1-11,19-20,40-41H,12H2. The minimum absolute atomic E-state index is 0.157. The molecule has 3 aromatic rings. The minimum Gasteiger partial charge on any atom is -0.457 e. The lowest BCUT2D eigenvalue weighted by molar-refractivity contribution is -0.359. The molecule has 0 bridgehead atoms. The van der Waals surface area contributed by atoms with Gasteiger partial charge < -0.3 is 15.2 Å². The topological polar surface area (TPSA) is 54.4 Å². The predicted octanol–water partition coefficient (Wildman–Crippen LogP) is 7.78. The molecule has 2 aromatic carbocycles. The normalized spacial score (nSPS) is 14.9. The van der Waals surface area contributed by atoms with Crippen molar-refractivity contribution in [1.29, 1.82) is 0 Å². The largest absolute Gasteiger partial charge is 0.460 e. The van der Waals surface area contributed by atoms with E-state index in [1.807, 2.05) is 0 Å². The summed E-state index contributed by atoms with van der Waals surface area (Å²) in [5, 5.41) is 11.6. The number of nitrogens with one attached hydrogen (secondary N) is 1. The second kappa shape index (κ2) is 11.6. The molecule has 2 N–H and O–H groups in total. The molecule has 4 nitrogen and oxygen atoms in total. The highest BCUT2D eigenvalue weighted by atomic mass is 19.4. The van der Waals surface area contributed by atoms with Gasteiger partial charge in [0.2, 0.25) is 0 Å². The van der Waals surface area contributed by atoms with Crippen LogP contribution in [-0.2, 0) is 12.1 Å². The average Bonchev–Trinajstić information content (AvgIpc) is 2.87. The Hall–Kier alpha value is -3.60. The number of hydrogen-bond donors (Lipinski definition) is 2. The van der Waals surface area contributed by atoms with Crippen molar-refractivity contribution < 1.29 is 66.9 Å². The third kappa shape index (κ3) is 7.24. The van der Waals surface area contributed by atoms with Crippen molar-refractivity contribution in [2.45, 2.75) is 42.5 Å². The molecule has 1 aromatic heterocycles. The third-order valence-electron chi connectivity index (χ3n) is 5.68. The van der Waals surface area contributed by atoms with Gasteiger partial charge in [0, 0.05) is 24.4 Å². The van der Waals surface area contributed by atoms with Crippen LogP contribution in [0.2, 0.25) is 0 Å². The zero-order valence-corrected chi connectivity index (χ0v) is 20.4. The maximum Gasteiger partial charge on any atom is 0.460 e. The van der Waals surface area contributed by atoms with Gasteiger partial charge in [0.1, 0.15) is 17.2 Å². The highest BCUT2D eigenvalue weighted by Gasteiger charge is 2.73. The number of rotatable bonds is 9. The summed E-state index contributed by atoms with van der Waals surface area (Å²) in [6.45, 7) is -1.29. The van der Waals surface area contributed by atoms with Crippen molar-refractivity contribution in [2.24, 2.45) is 0 Å². The maximum absolute atomic E-state index is 14.4. The van der Waals surface area contributed by atoms with E-state index >= 15 is 0 Å². The molecule has 0 saturated carbocycles. The molecule has 0 spiro atoms. The van der Waals surface area contributed by atoms with Crippen molar-refractivity contribution in [3.05, 3.63) is 89.2 Å². The molecule has 230 valence electrons. The molecule has 17 heteroatoms. The second-order valence-electron chi connectivity index (χ2n) is 8.72. The van der Waals surface area contributed by atoms with E-state index in [1.165, 1.54) is 12.1 Å². The first-order valence-electron chi connectivity index (χ1n) is 11.4. The molecule has 3 rings (SSSR count). The van der Waals surface area contributed by atoms with E-state index in [0.717, 1.165) is 30.5 Å². The van der Waals surface area contributed by atoms with Crippen molar-refractivity contribution >= 4 is 0 Å².